The van der Waals surface area contributed by atoms with Gasteiger partial charge in [-0.15, -0.1) is 0 Å². The number of hydrogen-bond acceptors (Lipinski definition) is 7. The van der Waals surface area contributed by atoms with Gasteiger partial charge in [-0.2, -0.15) is 0 Å². The quantitative estimate of drug-likeness (QED) is 0.646. The van der Waals surface area contributed by atoms with Gasteiger partial charge in [0.15, 0.2) is 12.2 Å². The molecule has 0 saturated carbocycles. The number of carbonyl (C=O) groups excluding carboxylic acids is 4. The van der Waals surface area contributed by atoms with Crippen LogP contribution in [0.4, 0.5) is 4.79 Å². The van der Waals surface area contributed by atoms with Crippen LogP contribution in [0.25, 0.3) is 0 Å². The van der Waals surface area contributed by atoms with Crippen LogP contribution in [-0.4, -0.2) is 34.6 Å². The van der Waals surface area contributed by atoms with Gasteiger partial charge in [0.25, 0.3) is 5.91 Å². The summed E-state index contributed by atoms with van der Waals surface area (Å²) in [5.74, 6) is -2.49. The first-order chi connectivity index (χ1) is 14.8. The molecule has 0 radical (unpaired) electrons. The first kappa shape index (κ1) is 22.2. The molecule has 0 fully saturated rings. The van der Waals surface area contributed by atoms with Gasteiger partial charge in [-0.05, 0) is 11.5 Å². The Labute approximate surface area is 179 Å². The predicted octanol–water partition coefficient (Wildman–Crippen LogP) is 1.94. The SMILES string of the molecule is CC(C)C(NC(=O)OCc1ccccc1)C(=O)CC1Cc2ocnc2CNC(=O)C1=O. The highest BCUT2D eigenvalue weighted by molar-refractivity contribution is 6.37. The third kappa shape index (κ3) is 5.78. The molecule has 2 unspecified atom stereocenters. The zero-order valence-electron chi connectivity index (χ0n) is 17.4. The van der Waals surface area contributed by atoms with E-state index in [1.165, 1.54) is 6.39 Å². The highest BCUT2D eigenvalue weighted by Crippen LogP contribution is 2.21. The van der Waals surface area contributed by atoms with Crippen LogP contribution in [0.2, 0.25) is 0 Å². The maximum absolute atomic E-state index is 13.0. The Morgan fingerprint density at radius 1 is 1.26 bits per heavy atom. The average molecular weight is 427 g/mol. The van der Waals surface area contributed by atoms with E-state index in [9.17, 15) is 19.2 Å². The normalized spacial score (nSPS) is 17.2. The maximum Gasteiger partial charge on any atom is 0.408 e. The number of amides is 2. The molecule has 31 heavy (non-hydrogen) atoms. The van der Waals surface area contributed by atoms with Gasteiger partial charge in [-0.25, -0.2) is 9.78 Å². The predicted molar refractivity (Wildman–Crippen MR) is 109 cm³/mol. The number of nitrogens with zero attached hydrogens (tertiary/aromatic N) is 1. The summed E-state index contributed by atoms with van der Waals surface area (Å²) < 4.78 is 10.5. The summed E-state index contributed by atoms with van der Waals surface area (Å²) in [6.07, 6.45) is 0.396. The zero-order valence-corrected chi connectivity index (χ0v) is 17.4. The number of Topliss-reactive ketones (excluding diaryl/α,β-unsaturated/α-hetero) is 2. The van der Waals surface area contributed by atoms with Gasteiger partial charge in [-0.1, -0.05) is 44.2 Å². The first-order valence-corrected chi connectivity index (χ1v) is 10.1. The standard InChI is InChI=1S/C22H25N3O6/c1-13(2)19(25-22(29)30-11-14-6-4-3-5-7-14)17(26)8-15-9-18-16(24-12-31-18)10-23-21(28)20(15)27/h3-7,12-13,15,19H,8-11H2,1-2H3,(H,23,28)(H,25,29). The van der Waals surface area contributed by atoms with E-state index >= 15 is 0 Å². The summed E-state index contributed by atoms with van der Waals surface area (Å²) in [4.78, 5) is 53.8. The van der Waals surface area contributed by atoms with Crippen molar-refractivity contribution in [3.05, 3.63) is 53.7 Å². The summed E-state index contributed by atoms with van der Waals surface area (Å²) >= 11 is 0. The highest BCUT2D eigenvalue weighted by Gasteiger charge is 2.35. The number of nitrogens with one attached hydrogen (secondary N) is 2. The minimum absolute atomic E-state index is 0.0707. The smallest absolute Gasteiger partial charge is 0.408 e. The fourth-order valence-electron chi connectivity index (χ4n) is 3.40. The largest absolute Gasteiger partial charge is 0.448 e. The molecule has 3 rings (SSSR count). The van der Waals surface area contributed by atoms with E-state index < -0.39 is 29.7 Å². The third-order valence-corrected chi connectivity index (χ3v) is 5.12. The van der Waals surface area contributed by atoms with Crippen LogP contribution in [0, 0.1) is 11.8 Å². The lowest BCUT2D eigenvalue weighted by molar-refractivity contribution is -0.141. The molecule has 2 atom stereocenters. The number of rotatable bonds is 7. The lowest BCUT2D eigenvalue weighted by Crippen LogP contribution is -2.46. The van der Waals surface area contributed by atoms with Crippen molar-refractivity contribution in [1.82, 2.24) is 15.6 Å². The number of fused-ring (bicyclic) bond motifs is 1. The van der Waals surface area contributed by atoms with Crippen LogP contribution in [0.1, 0.15) is 37.3 Å². The monoisotopic (exact) mass is 427 g/mol. The number of ether oxygens (including phenoxy) is 1. The van der Waals surface area contributed by atoms with Crippen molar-refractivity contribution in [2.75, 3.05) is 0 Å². The lowest BCUT2D eigenvalue weighted by atomic mass is 9.86. The van der Waals surface area contributed by atoms with Gasteiger partial charge in [0.05, 0.1) is 12.6 Å². The van der Waals surface area contributed by atoms with Crippen LogP contribution < -0.4 is 10.6 Å². The van der Waals surface area contributed by atoms with Crippen LogP contribution >= 0.6 is 0 Å². The number of ketones is 2. The number of hydrogen-bond donors (Lipinski definition) is 2. The molecule has 2 heterocycles. The summed E-state index contributed by atoms with van der Waals surface area (Å²) in [5, 5.41) is 5.07. The molecule has 2 N–H and O–H groups in total. The number of oxazole rings is 1. The van der Waals surface area contributed by atoms with Crippen molar-refractivity contribution < 1.29 is 28.3 Å². The van der Waals surface area contributed by atoms with E-state index in [0.717, 1.165) is 5.56 Å². The fourth-order valence-corrected chi connectivity index (χ4v) is 3.40. The summed E-state index contributed by atoms with van der Waals surface area (Å²) in [7, 11) is 0. The molecule has 2 aromatic rings. The molecule has 0 bridgehead atoms. The van der Waals surface area contributed by atoms with Crippen molar-refractivity contribution >= 4 is 23.6 Å². The van der Waals surface area contributed by atoms with Crippen molar-refractivity contribution in [2.45, 2.75) is 45.9 Å². The number of benzene rings is 1. The van der Waals surface area contributed by atoms with Crippen LogP contribution in [0.15, 0.2) is 41.1 Å². The highest BCUT2D eigenvalue weighted by atomic mass is 16.5. The van der Waals surface area contributed by atoms with E-state index in [-0.39, 0.29) is 37.7 Å². The first-order valence-electron chi connectivity index (χ1n) is 10.1. The van der Waals surface area contributed by atoms with E-state index in [4.69, 9.17) is 9.15 Å². The molecule has 9 heteroatoms. The van der Waals surface area contributed by atoms with Gasteiger partial charge in [-0.3, -0.25) is 14.4 Å². The Hall–Kier alpha value is -3.49. The van der Waals surface area contributed by atoms with Crippen molar-refractivity contribution in [1.29, 1.82) is 0 Å². The number of alkyl carbamates (subject to hydrolysis) is 1. The average Bonchev–Trinajstić information content (AvgIpc) is 3.19. The van der Waals surface area contributed by atoms with Gasteiger partial charge >= 0.3 is 6.09 Å². The van der Waals surface area contributed by atoms with E-state index in [1.807, 2.05) is 30.3 Å². The summed E-state index contributed by atoms with van der Waals surface area (Å²) in [5.41, 5.74) is 1.35. The lowest BCUT2D eigenvalue weighted by Gasteiger charge is -2.23. The van der Waals surface area contributed by atoms with Crippen molar-refractivity contribution in [2.24, 2.45) is 11.8 Å². The van der Waals surface area contributed by atoms with Gasteiger partial charge in [0.2, 0.25) is 5.78 Å². The minimum Gasteiger partial charge on any atom is -0.448 e. The third-order valence-electron chi connectivity index (χ3n) is 5.12. The molecule has 2 amide bonds. The zero-order chi connectivity index (χ0) is 22.4. The van der Waals surface area contributed by atoms with E-state index in [0.29, 0.717) is 11.5 Å². The molecule has 1 aliphatic rings. The Kier molecular flexibility index (Phi) is 7.17. The molecule has 1 aromatic carbocycles. The van der Waals surface area contributed by atoms with Gasteiger partial charge in [0.1, 0.15) is 18.1 Å². The second kappa shape index (κ2) is 10.0. The van der Waals surface area contributed by atoms with E-state index in [2.05, 4.69) is 15.6 Å². The maximum atomic E-state index is 13.0. The molecule has 0 saturated heterocycles. The molecular formula is C22H25N3O6. The summed E-state index contributed by atoms with van der Waals surface area (Å²) in [6.45, 7) is 3.73. The van der Waals surface area contributed by atoms with Crippen LogP contribution in [-0.2, 0) is 38.7 Å². The second-order valence-electron chi connectivity index (χ2n) is 7.77. The molecule has 1 aromatic heterocycles. The second-order valence-corrected chi connectivity index (χ2v) is 7.77. The fraction of sp³-hybridized carbons (Fsp3) is 0.409. The minimum atomic E-state index is -0.900. The van der Waals surface area contributed by atoms with Gasteiger partial charge in [0, 0.05) is 18.8 Å². The Balaban J connectivity index is 1.64. The number of carbonyl (C=O) groups is 4. The molecule has 164 valence electrons. The van der Waals surface area contributed by atoms with E-state index in [1.54, 1.807) is 13.8 Å². The number of aromatic nitrogens is 1. The van der Waals surface area contributed by atoms with Crippen LogP contribution in [0.3, 0.4) is 0 Å². The van der Waals surface area contributed by atoms with Crippen molar-refractivity contribution in [3.63, 3.8) is 0 Å². The molecule has 0 aliphatic carbocycles. The van der Waals surface area contributed by atoms with Crippen LogP contribution in [0.5, 0.6) is 0 Å². The van der Waals surface area contributed by atoms with Gasteiger partial charge < -0.3 is 19.8 Å². The topological polar surface area (TPSA) is 128 Å². The molecule has 9 nitrogen and oxygen atoms in total. The summed E-state index contributed by atoms with van der Waals surface area (Å²) in [6, 6.07) is 8.30. The Morgan fingerprint density at radius 2 is 2.00 bits per heavy atom. The Bertz CT molecular complexity index is 953. The molecule has 1 aliphatic heterocycles. The molecular weight excluding hydrogens is 402 g/mol. The Morgan fingerprint density at radius 3 is 2.71 bits per heavy atom. The van der Waals surface area contributed by atoms with Crippen molar-refractivity contribution in [3.8, 4) is 0 Å². The molecule has 0 spiro atoms.